The van der Waals surface area contributed by atoms with Gasteiger partial charge in [-0.3, -0.25) is 4.79 Å². The number of carboxylic acid groups (broad SMARTS) is 1. The first-order valence-corrected chi connectivity index (χ1v) is 5.44. The van der Waals surface area contributed by atoms with Crippen LogP contribution < -0.4 is 10.6 Å². The lowest BCUT2D eigenvalue weighted by Gasteiger charge is -2.15. The molecule has 0 aromatic heterocycles. The van der Waals surface area contributed by atoms with E-state index in [4.69, 9.17) is 11.5 Å². The predicted octanol–water partition coefficient (Wildman–Crippen LogP) is 0.727. The number of hydrogen-bond donors (Lipinski definition) is 3. The van der Waals surface area contributed by atoms with Crippen LogP contribution in [0, 0.1) is 18.3 Å². The van der Waals surface area contributed by atoms with Crippen LogP contribution in [0.2, 0.25) is 0 Å². The highest BCUT2D eigenvalue weighted by Gasteiger charge is 2.25. The Morgan fingerprint density at radius 3 is 2.82 bits per heavy atom. The van der Waals surface area contributed by atoms with Gasteiger partial charge in [0.15, 0.2) is 0 Å². The molecule has 0 heterocycles. The third-order valence-electron chi connectivity index (χ3n) is 2.52. The Morgan fingerprint density at radius 2 is 2.29 bits per heavy atom. The summed E-state index contributed by atoms with van der Waals surface area (Å²) in [5, 5.41) is 14.1. The van der Waals surface area contributed by atoms with E-state index in [1.165, 1.54) is 0 Å². The zero-order valence-electron chi connectivity index (χ0n) is 9.64. The lowest BCUT2D eigenvalue weighted by atomic mass is 10.1. The van der Waals surface area contributed by atoms with E-state index in [0.717, 1.165) is 0 Å². The number of amides is 2. The summed E-state index contributed by atoms with van der Waals surface area (Å²) < 4.78 is 0. The number of urea groups is 1. The van der Waals surface area contributed by atoms with Gasteiger partial charge in [0.2, 0.25) is 0 Å². The summed E-state index contributed by atoms with van der Waals surface area (Å²) in [6.45, 7) is 1.81. The van der Waals surface area contributed by atoms with E-state index in [1.807, 2.05) is 6.92 Å². The Morgan fingerprint density at radius 1 is 1.59 bits per heavy atom. The standard InChI is InChI=1S/C12H16N2O3/c1-3-4-8(2)13-12(17)14-10-6-5-9(7-10)11(15)16/h1,5-6,8-10H,4,7H2,2H3,(H,15,16)(H2,13,14,17). The Kier molecular flexibility index (Phi) is 4.58. The summed E-state index contributed by atoms with van der Waals surface area (Å²) in [7, 11) is 0. The van der Waals surface area contributed by atoms with E-state index < -0.39 is 11.9 Å². The third kappa shape index (κ3) is 4.19. The number of terminal acetylenes is 1. The van der Waals surface area contributed by atoms with Crippen LogP contribution in [0.4, 0.5) is 4.79 Å². The van der Waals surface area contributed by atoms with Crippen LogP contribution in [0.25, 0.3) is 0 Å². The molecular formula is C12H16N2O3. The van der Waals surface area contributed by atoms with E-state index in [1.54, 1.807) is 12.2 Å². The summed E-state index contributed by atoms with van der Waals surface area (Å²) in [5.41, 5.74) is 0. The summed E-state index contributed by atoms with van der Waals surface area (Å²) in [6.07, 6.45) is 9.28. The molecule has 0 saturated heterocycles. The van der Waals surface area contributed by atoms with Crippen LogP contribution in [-0.4, -0.2) is 29.2 Å². The number of carbonyl (C=O) groups excluding carboxylic acids is 1. The first kappa shape index (κ1) is 13.1. The Labute approximate surface area is 100 Å². The van der Waals surface area contributed by atoms with Gasteiger partial charge in [0.05, 0.1) is 12.0 Å². The first-order chi connectivity index (χ1) is 8.02. The average molecular weight is 236 g/mol. The van der Waals surface area contributed by atoms with Gasteiger partial charge in [-0.15, -0.1) is 12.3 Å². The molecular weight excluding hydrogens is 220 g/mol. The highest BCUT2D eigenvalue weighted by molar-refractivity contribution is 5.76. The monoisotopic (exact) mass is 236 g/mol. The fraction of sp³-hybridized carbons (Fsp3) is 0.500. The van der Waals surface area contributed by atoms with E-state index in [0.29, 0.717) is 12.8 Å². The highest BCUT2D eigenvalue weighted by atomic mass is 16.4. The molecule has 0 aliphatic heterocycles. The molecule has 0 aromatic rings. The first-order valence-electron chi connectivity index (χ1n) is 5.44. The molecule has 17 heavy (non-hydrogen) atoms. The van der Waals surface area contributed by atoms with Crippen LogP contribution in [0.1, 0.15) is 19.8 Å². The van der Waals surface area contributed by atoms with Crippen molar-refractivity contribution in [1.82, 2.24) is 10.6 Å². The molecule has 1 rings (SSSR count). The van der Waals surface area contributed by atoms with Crippen LogP contribution in [-0.2, 0) is 4.79 Å². The van der Waals surface area contributed by atoms with Crippen molar-refractivity contribution in [2.24, 2.45) is 5.92 Å². The van der Waals surface area contributed by atoms with Gasteiger partial charge in [-0.05, 0) is 13.3 Å². The summed E-state index contributed by atoms with van der Waals surface area (Å²) in [6, 6.07) is -0.650. The normalized spacial score (nSPS) is 23.8. The molecule has 2 amide bonds. The predicted molar refractivity (Wildman–Crippen MR) is 63.3 cm³/mol. The molecule has 5 heteroatoms. The van der Waals surface area contributed by atoms with Crippen molar-refractivity contribution in [1.29, 1.82) is 0 Å². The number of carbonyl (C=O) groups is 2. The summed E-state index contributed by atoms with van der Waals surface area (Å²) >= 11 is 0. The minimum Gasteiger partial charge on any atom is -0.481 e. The fourth-order valence-corrected chi connectivity index (χ4v) is 1.65. The molecule has 0 radical (unpaired) electrons. The van der Waals surface area contributed by atoms with Crippen molar-refractivity contribution in [3.05, 3.63) is 12.2 Å². The lowest BCUT2D eigenvalue weighted by Crippen LogP contribution is -2.44. The topological polar surface area (TPSA) is 78.4 Å². The van der Waals surface area contributed by atoms with Crippen LogP contribution in [0.15, 0.2) is 12.2 Å². The van der Waals surface area contributed by atoms with Crippen molar-refractivity contribution >= 4 is 12.0 Å². The van der Waals surface area contributed by atoms with Gasteiger partial charge < -0.3 is 15.7 Å². The smallest absolute Gasteiger partial charge is 0.315 e. The average Bonchev–Trinajstić information content (AvgIpc) is 2.66. The van der Waals surface area contributed by atoms with Crippen molar-refractivity contribution in [2.45, 2.75) is 31.8 Å². The SMILES string of the molecule is C#CCC(C)NC(=O)NC1C=CC(C(=O)O)C1. The summed E-state index contributed by atoms with van der Waals surface area (Å²) in [5.74, 6) is 1.07. The minimum atomic E-state index is -0.869. The molecule has 0 saturated carbocycles. The number of nitrogens with one attached hydrogen (secondary N) is 2. The third-order valence-corrected chi connectivity index (χ3v) is 2.52. The summed E-state index contributed by atoms with van der Waals surface area (Å²) in [4.78, 5) is 22.2. The molecule has 0 fully saturated rings. The van der Waals surface area contributed by atoms with Crippen molar-refractivity contribution in [3.8, 4) is 12.3 Å². The maximum atomic E-state index is 11.5. The maximum absolute atomic E-state index is 11.5. The fourth-order valence-electron chi connectivity index (χ4n) is 1.65. The minimum absolute atomic E-state index is 0.0966. The molecule has 0 aromatic carbocycles. The van der Waals surface area contributed by atoms with Gasteiger partial charge in [0.1, 0.15) is 0 Å². The number of aliphatic carboxylic acids is 1. The molecule has 0 spiro atoms. The zero-order valence-corrected chi connectivity index (χ0v) is 9.64. The second kappa shape index (κ2) is 5.94. The number of carboxylic acids is 1. The Hall–Kier alpha value is -1.96. The quantitative estimate of drug-likeness (QED) is 0.497. The van der Waals surface area contributed by atoms with Gasteiger partial charge >= 0.3 is 12.0 Å². The van der Waals surface area contributed by atoms with Gasteiger partial charge in [-0.2, -0.15) is 0 Å². The van der Waals surface area contributed by atoms with E-state index in [9.17, 15) is 9.59 Å². The second-order valence-electron chi connectivity index (χ2n) is 4.10. The molecule has 3 unspecified atom stereocenters. The molecule has 3 atom stereocenters. The lowest BCUT2D eigenvalue weighted by molar-refractivity contribution is -0.140. The molecule has 1 aliphatic rings. The van der Waals surface area contributed by atoms with Crippen molar-refractivity contribution in [2.75, 3.05) is 0 Å². The molecule has 3 N–H and O–H groups in total. The van der Waals surface area contributed by atoms with Crippen molar-refractivity contribution in [3.63, 3.8) is 0 Å². The van der Waals surface area contributed by atoms with Crippen LogP contribution >= 0.6 is 0 Å². The number of hydrogen-bond acceptors (Lipinski definition) is 2. The van der Waals surface area contributed by atoms with Crippen molar-refractivity contribution < 1.29 is 14.7 Å². The van der Waals surface area contributed by atoms with Crippen LogP contribution in [0.5, 0.6) is 0 Å². The largest absolute Gasteiger partial charge is 0.481 e. The number of rotatable bonds is 4. The van der Waals surface area contributed by atoms with Gasteiger partial charge in [0.25, 0.3) is 0 Å². The molecule has 1 aliphatic carbocycles. The van der Waals surface area contributed by atoms with Gasteiger partial charge in [-0.25, -0.2) is 4.79 Å². The highest BCUT2D eigenvalue weighted by Crippen LogP contribution is 2.17. The second-order valence-corrected chi connectivity index (χ2v) is 4.10. The van der Waals surface area contributed by atoms with E-state index in [-0.39, 0.29) is 18.1 Å². The molecule has 5 nitrogen and oxygen atoms in total. The van der Waals surface area contributed by atoms with Gasteiger partial charge in [-0.1, -0.05) is 12.2 Å². The van der Waals surface area contributed by atoms with E-state index in [2.05, 4.69) is 16.6 Å². The Balaban J connectivity index is 2.32. The Bertz CT molecular complexity index is 370. The zero-order chi connectivity index (χ0) is 12.8. The van der Waals surface area contributed by atoms with E-state index >= 15 is 0 Å². The van der Waals surface area contributed by atoms with Crippen LogP contribution in [0.3, 0.4) is 0 Å². The van der Waals surface area contributed by atoms with Gasteiger partial charge in [0, 0.05) is 12.5 Å². The molecule has 92 valence electrons. The molecule has 0 bridgehead atoms. The maximum Gasteiger partial charge on any atom is 0.315 e.